The molecule has 0 spiro atoms. The maximum Gasteiger partial charge on any atom is 0.245 e. The van der Waals surface area contributed by atoms with Crippen LogP contribution in [0.2, 0.25) is 0 Å². The van der Waals surface area contributed by atoms with Crippen molar-refractivity contribution < 1.29 is 14.3 Å². The van der Waals surface area contributed by atoms with E-state index in [1.807, 2.05) is 0 Å². The third kappa shape index (κ3) is 2.64. The molecule has 2 aliphatic rings. The number of carbonyl (C=O) groups is 2. The number of amides is 2. The number of ether oxygens (including phenoxy) is 1. The van der Waals surface area contributed by atoms with Crippen LogP contribution in [-0.4, -0.2) is 66.5 Å². The molecule has 2 rings (SSSR count). The zero-order valence-electron chi connectivity index (χ0n) is 10.8. The summed E-state index contributed by atoms with van der Waals surface area (Å²) in [4.78, 5) is 27.8. The maximum atomic E-state index is 12.4. The zero-order chi connectivity index (χ0) is 13.1. The number of hydrogen-bond acceptors (Lipinski definition) is 4. The highest BCUT2D eigenvalue weighted by molar-refractivity contribution is 5.90. The Kier molecular flexibility index (Phi) is 4.19. The molecule has 6 heteroatoms. The Morgan fingerprint density at radius 3 is 2.56 bits per heavy atom. The van der Waals surface area contributed by atoms with Gasteiger partial charge < -0.3 is 20.3 Å². The van der Waals surface area contributed by atoms with E-state index >= 15 is 0 Å². The van der Waals surface area contributed by atoms with Gasteiger partial charge in [-0.15, -0.1) is 0 Å². The molecule has 0 radical (unpaired) electrons. The second kappa shape index (κ2) is 5.67. The summed E-state index contributed by atoms with van der Waals surface area (Å²) >= 11 is 0. The molecule has 0 aromatic heterocycles. The van der Waals surface area contributed by atoms with Crippen molar-refractivity contribution in [2.75, 3.05) is 32.8 Å². The SMILES string of the molecule is CC(N)C(=O)N1CCCC1C(=O)N1CCOCC1. The Morgan fingerprint density at radius 2 is 1.94 bits per heavy atom. The highest BCUT2D eigenvalue weighted by atomic mass is 16.5. The van der Waals surface area contributed by atoms with E-state index in [0.717, 1.165) is 12.8 Å². The Bertz CT molecular complexity index is 327. The third-order valence-corrected chi connectivity index (χ3v) is 3.53. The normalized spacial score (nSPS) is 26.2. The quantitative estimate of drug-likeness (QED) is 0.700. The van der Waals surface area contributed by atoms with Crippen molar-refractivity contribution in [1.29, 1.82) is 0 Å². The van der Waals surface area contributed by atoms with E-state index in [1.165, 1.54) is 0 Å². The van der Waals surface area contributed by atoms with Gasteiger partial charge in [0, 0.05) is 19.6 Å². The van der Waals surface area contributed by atoms with Crippen LogP contribution in [0.25, 0.3) is 0 Å². The van der Waals surface area contributed by atoms with E-state index < -0.39 is 6.04 Å². The monoisotopic (exact) mass is 255 g/mol. The molecule has 102 valence electrons. The molecule has 0 bridgehead atoms. The van der Waals surface area contributed by atoms with Crippen molar-refractivity contribution in [3.63, 3.8) is 0 Å². The van der Waals surface area contributed by atoms with Crippen LogP contribution in [0, 0.1) is 0 Å². The molecule has 6 nitrogen and oxygen atoms in total. The Morgan fingerprint density at radius 1 is 1.28 bits per heavy atom. The van der Waals surface area contributed by atoms with Crippen LogP contribution in [0.5, 0.6) is 0 Å². The van der Waals surface area contributed by atoms with Gasteiger partial charge in [-0.1, -0.05) is 0 Å². The molecule has 2 unspecified atom stereocenters. The number of hydrogen-bond donors (Lipinski definition) is 1. The minimum Gasteiger partial charge on any atom is -0.378 e. The van der Waals surface area contributed by atoms with Gasteiger partial charge in [-0.25, -0.2) is 0 Å². The van der Waals surface area contributed by atoms with Crippen molar-refractivity contribution in [2.24, 2.45) is 5.73 Å². The number of rotatable bonds is 2. The van der Waals surface area contributed by atoms with Gasteiger partial charge in [0.25, 0.3) is 0 Å². The summed E-state index contributed by atoms with van der Waals surface area (Å²) in [5.41, 5.74) is 5.62. The van der Waals surface area contributed by atoms with E-state index in [0.29, 0.717) is 32.8 Å². The first kappa shape index (κ1) is 13.3. The topological polar surface area (TPSA) is 75.9 Å². The zero-order valence-corrected chi connectivity index (χ0v) is 10.8. The molecule has 0 aliphatic carbocycles. The fraction of sp³-hybridized carbons (Fsp3) is 0.833. The second-order valence-electron chi connectivity index (χ2n) is 4.92. The summed E-state index contributed by atoms with van der Waals surface area (Å²) in [6.45, 7) is 4.71. The molecule has 2 aliphatic heterocycles. The fourth-order valence-electron chi connectivity index (χ4n) is 2.54. The third-order valence-electron chi connectivity index (χ3n) is 3.53. The van der Waals surface area contributed by atoms with E-state index in [-0.39, 0.29) is 17.9 Å². The van der Waals surface area contributed by atoms with Gasteiger partial charge in [-0.2, -0.15) is 0 Å². The van der Waals surface area contributed by atoms with E-state index in [2.05, 4.69) is 0 Å². The molecule has 2 heterocycles. The predicted octanol–water partition coefficient (Wildman–Crippen LogP) is -0.817. The average Bonchev–Trinajstić information content (AvgIpc) is 2.87. The second-order valence-corrected chi connectivity index (χ2v) is 4.92. The van der Waals surface area contributed by atoms with Crippen LogP contribution < -0.4 is 5.73 Å². The van der Waals surface area contributed by atoms with Crippen molar-refractivity contribution in [3.05, 3.63) is 0 Å². The van der Waals surface area contributed by atoms with Crippen LogP contribution >= 0.6 is 0 Å². The van der Waals surface area contributed by atoms with Crippen molar-refractivity contribution in [1.82, 2.24) is 9.80 Å². The number of nitrogens with two attached hydrogens (primary N) is 1. The van der Waals surface area contributed by atoms with Crippen molar-refractivity contribution in [3.8, 4) is 0 Å². The average molecular weight is 255 g/mol. The van der Waals surface area contributed by atoms with Crippen molar-refractivity contribution >= 4 is 11.8 Å². The number of nitrogens with zero attached hydrogens (tertiary/aromatic N) is 2. The van der Waals surface area contributed by atoms with Crippen LogP contribution in [-0.2, 0) is 14.3 Å². The standard InChI is InChI=1S/C12H21N3O3/c1-9(13)11(16)15-4-2-3-10(15)12(17)14-5-7-18-8-6-14/h9-10H,2-8,13H2,1H3. The molecule has 18 heavy (non-hydrogen) atoms. The van der Waals surface area contributed by atoms with E-state index in [9.17, 15) is 9.59 Å². The minimum absolute atomic E-state index is 0.0461. The number of likely N-dealkylation sites (tertiary alicyclic amines) is 1. The van der Waals surface area contributed by atoms with Crippen LogP contribution in [0.4, 0.5) is 0 Å². The lowest BCUT2D eigenvalue weighted by Crippen LogP contribution is -2.53. The number of morpholine rings is 1. The Labute approximate surface area is 107 Å². The van der Waals surface area contributed by atoms with Crippen LogP contribution in [0.3, 0.4) is 0 Å². The molecule has 0 aromatic rings. The summed E-state index contributed by atoms with van der Waals surface area (Å²) in [6, 6.07) is -0.857. The smallest absolute Gasteiger partial charge is 0.245 e. The molecule has 2 N–H and O–H groups in total. The summed E-state index contributed by atoms with van der Waals surface area (Å²) in [6.07, 6.45) is 1.62. The van der Waals surface area contributed by atoms with Crippen LogP contribution in [0.15, 0.2) is 0 Å². The molecule has 2 amide bonds. The Balaban J connectivity index is 2.01. The van der Waals surface area contributed by atoms with Gasteiger partial charge in [0.2, 0.25) is 11.8 Å². The fourth-order valence-corrected chi connectivity index (χ4v) is 2.54. The van der Waals surface area contributed by atoms with Gasteiger partial charge in [-0.3, -0.25) is 9.59 Å². The minimum atomic E-state index is -0.539. The summed E-state index contributed by atoms with van der Waals surface area (Å²) < 4.78 is 5.23. The molecule has 2 fully saturated rings. The van der Waals surface area contributed by atoms with Crippen molar-refractivity contribution in [2.45, 2.75) is 31.8 Å². The first-order valence-corrected chi connectivity index (χ1v) is 6.54. The molecule has 2 atom stereocenters. The maximum absolute atomic E-state index is 12.4. The molecule has 0 aromatic carbocycles. The Hall–Kier alpha value is -1.14. The molecular weight excluding hydrogens is 234 g/mol. The lowest BCUT2D eigenvalue weighted by Gasteiger charge is -2.33. The summed E-state index contributed by atoms with van der Waals surface area (Å²) in [7, 11) is 0. The molecule has 2 saturated heterocycles. The van der Waals surface area contributed by atoms with E-state index in [1.54, 1.807) is 16.7 Å². The van der Waals surface area contributed by atoms with Gasteiger partial charge in [0.1, 0.15) is 6.04 Å². The van der Waals surface area contributed by atoms with Gasteiger partial charge >= 0.3 is 0 Å². The molecular formula is C12H21N3O3. The lowest BCUT2D eigenvalue weighted by atomic mass is 10.1. The lowest BCUT2D eigenvalue weighted by molar-refractivity contribution is -0.146. The van der Waals surface area contributed by atoms with Gasteiger partial charge in [0.05, 0.1) is 19.3 Å². The largest absolute Gasteiger partial charge is 0.378 e. The summed E-state index contributed by atoms with van der Waals surface area (Å²) in [5, 5.41) is 0. The summed E-state index contributed by atoms with van der Waals surface area (Å²) in [5.74, 6) is -0.0797. The number of carbonyl (C=O) groups excluding carboxylic acids is 2. The van der Waals surface area contributed by atoms with Gasteiger partial charge in [0.15, 0.2) is 0 Å². The highest BCUT2D eigenvalue weighted by Crippen LogP contribution is 2.20. The molecule has 0 saturated carbocycles. The first-order chi connectivity index (χ1) is 8.61. The van der Waals surface area contributed by atoms with Gasteiger partial charge in [-0.05, 0) is 19.8 Å². The van der Waals surface area contributed by atoms with Crippen LogP contribution in [0.1, 0.15) is 19.8 Å². The predicted molar refractivity (Wildman–Crippen MR) is 65.8 cm³/mol. The van der Waals surface area contributed by atoms with E-state index in [4.69, 9.17) is 10.5 Å². The first-order valence-electron chi connectivity index (χ1n) is 6.54. The highest BCUT2D eigenvalue weighted by Gasteiger charge is 2.37.